The van der Waals surface area contributed by atoms with E-state index in [1.807, 2.05) is 41.8 Å². The summed E-state index contributed by atoms with van der Waals surface area (Å²) in [6, 6.07) is 11.2. The van der Waals surface area contributed by atoms with Crippen molar-refractivity contribution in [3.8, 4) is 23.0 Å². The summed E-state index contributed by atoms with van der Waals surface area (Å²) in [5.41, 5.74) is 0.967. The second-order valence-electron chi connectivity index (χ2n) is 6.41. The minimum Gasteiger partial charge on any atom is -0.486 e. The second-order valence-corrected chi connectivity index (χ2v) is 7.42. The van der Waals surface area contributed by atoms with Crippen LogP contribution in [-0.4, -0.2) is 36.4 Å². The van der Waals surface area contributed by atoms with E-state index in [2.05, 4.69) is 4.99 Å². The predicted molar refractivity (Wildman–Crippen MR) is 103 cm³/mol. The zero-order valence-corrected chi connectivity index (χ0v) is 16.0. The molecule has 0 fully saturated rings. The molecule has 2 aliphatic rings. The molecule has 2 aliphatic heterocycles. The first-order chi connectivity index (χ1) is 13.7. The molecule has 0 radical (unpaired) electrons. The summed E-state index contributed by atoms with van der Waals surface area (Å²) in [4.78, 5) is 17.7. The van der Waals surface area contributed by atoms with Crippen molar-refractivity contribution >= 4 is 27.5 Å². The van der Waals surface area contributed by atoms with Gasteiger partial charge in [-0.25, -0.2) is 0 Å². The van der Waals surface area contributed by atoms with Crippen LogP contribution in [0.3, 0.4) is 0 Å². The summed E-state index contributed by atoms with van der Waals surface area (Å²) in [5.74, 6) is 2.28. The van der Waals surface area contributed by atoms with Gasteiger partial charge in [-0.15, -0.1) is 0 Å². The highest BCUT2D eigenvalue weighted by Gasteiger charge is 2.27. The molecule has 0 bridgehead atoms. The van der Waals surface area contributed by atoms with Crippen LogP contribution in [0.5, 0.6) is 23.0 Å². The molecule has 0 unspecified atom stereocenters. The molecule has 5 rings (SSSR count). The van der Waals surface area contributed by atoms with Gasteiger partial charge in [0.25, 0.3) is 5.91 Å². The maximum absolute atomic E-state index is 12.8. The first-order valence-corrected chi connectivity index (χ1v) is 9.94. The number of thiazole rings is 1. The van der Waals surface area contributed by atoms with E-state index in [0.717, 1.165) is 21.7 Å². The molecule has 3 heterocycles. The molecule has 7 nitrogen and oxygen atoms in total. The molecule has 0 aliphatic carbocycles. The van der Waals surface area contributed by atoms with Gasteiger partial charge in [-0.3, -0.25) is 4.79 Å². The quantitative estimate of drug-likeness (QED) is 0.664. The molecule has 1 atom stereocenters. The standard InChI is InChI=1S/C20H18N2O5S/c1-2-22-12-9-15-16(25-8-7-24-15)10-18(12)28-20(22)21-19(23)17-11-26-13-5-3-4-6-14(13)27-17/h3-6,9-10,17H,2,7-8,11H2,1H3/t17-/m0/s1. The van der Waals surface area contributed by atoms with E-state index >= 15 is 0 Å². The van der Waals surface area contributed by atoms with Crippen LogP contribution < -0.4 is 23.7 Å². The summed E-state index contributed by atoms with van der Waals surface area (Å²) in [6.45, 7) is 3.91. The minimum absolute atomic E-state index is 0.145. The number of nitrogens with zero attached hydrogens (tertiary/aromatic N) is 2. The Bertz CT molecular complexity index is 1130. The van der Waals surface area contributed by atoms with E-state index in [9.17, 15) is 4.79 Å². The fourth-order valence-corrected chi connectivity index (χ4v) is 4.41. The molecule has 8 heteroatoms. The van der Waals surface area contributed by atoms with Gasteiger partial charge in [0.15, 0.2) is 27.8 Å². The van der Waals surface area contributed by atoms with Crippen LogP contribution in [-0.2, 0) is 11.3 Å². The lowest BCUT2D eigenvalue weighted by atomic mass is 10.2. The molecule has 2 aromatic carbocycles. The SMILES string of the molecule is CCn1c(=NC(=O)[C@@H]2COc3ccccc3O2)sc2cc3c(cc21)OCCO3. The Balaban J connectivity index is 1.51. The molecule has 28 heavy (non-hydrogen) atoms. The molecular weight excluding hydrogens is 380 g/mol. The number of rotatable bonds is 2. The number of carbonyl (C=O) groups is 1. The highest BCUT2D eigenvalue weighted by atomic mass is 32.1. The third-order valence-corrected chi connectivity index (χ3v) is 5.69. The topological polar surface area (TPSA) is 71.3 Å². The van der Waals surface area contributed by atoms with Crippen molar-refractivity contribution in [2.75, 3.05) is 19.8 Å². The number of benzene rings is 2. The molecule has 1 aromatic heterocycles. The van der Waals surface area contributed by atoms with E-state index in [0.29, 0.717) is 36.1 Å². The molecule has 3 aromatic rings. The monoisotopic (exact) mass is 398 g/mol. The zero-order valence-electron chi connectivity index (χ0n) is 15.2. The molecule has 0 spiro atoms. The number of aryl methyl sites for hydroxylation is 1. The van der Waals surface area contributed by atoms with Gasteiger partial charge in [-0.2, -0.15) is 4.99 Å². The van der Waals surface area contributed by atoms with Crippen molar-refractivity contribution in [1.29, 1.82) is 0 Å². The highest BCUT2D eigenvalue weighted by Crippen LogP contribution is 2.35. The third-order valence-electron chi connectivity index (χ3n) is 4.65. The number of ether oxygens (including phenoxy) is 4. The number of fused-ring (bicyclic) bond motifs is 3. The molecule has 1 amide bonds. The van der Waals surface area contributed by atoms with Crippen molar-refractivity contribution in [2.24, 2.45) is 4.99 Å². The number of para-hydroxylation sites is 2. The fourth-order valence-electron chi connectivity index (χ4n) is 3.30. The number of hydrogen-bond acceptors (Lipinski definition) is 6. The van der Waals surface area contributed by atoms with Gasteiger partial charge >= 0.3 is 0 Å². The maximum Gasteiger partial charge on any atom is 0.292 e. The minimum atomic E-state index is -0.759. The second kappa shape index (κ2) is 6.87. The molecule has 0 N–H and O–H groups in total. The lowest BCUT2D eigenvalue weighted by Gasteiger charge is -2.23. The average molecular weight is 398 g/mol. The first-order valence-electron chi connectivity index (χ1n) is 9.13. The van der Waals surface area contributed by atoms with E-state index in [1.54, 1.807) is 6.07 Å². The van der Waals surface area contributed by atoms with Crippen LogP contribution in [0.4, 0.5) is 0 Å². The van der Waals surface area contributed by atoms with Gasteiger partial charge in [0.05, 0.1) is 10.2 Å². The Labute approximate surface area is 164 Å². The maximum atomic E-state index is 12.8. The van der Waals surface area contributed by atoms with Crippen molar-refractivity contribution in [3.63, 3.8) is 0 Å². The molecule has 0 saturated heterocycles. The van der Waals surface area contributed by atoms with E-state index in [4.69, 9.17) is 18.9 Å². The smallest absolute Gasteiger partial charge is 0.292 e. The van der Waals surface area contributed by atoms with Crippen LogP contribution in [0.25, 0.3) is 10.2 Å². The lowest BCUT2D eigenvalue weighted by molar-refractivity contribution is -0.127. The number of amides is 1. The van der Waals surface area contributed by atoms with Crippen LogP contribution in [0, 0.1) is 0 Å². The first kappa shape index (κ1) is 17.1. The normalized spacial score (nSPS) is 18.3. The van der Waals surface area contributed by atoms with E-state index in [-0.39, 0.29) is 12.5 Å². The van der Waals surface area contributed by atoms with Gasteiger partial charge in [0.1, 0.15) is 19.8 Å². The average Bonchev–Trinajstić information content (AvgIpc) is 3.07. The molecule has 144 valence electrons. The van der Waals surface area contributed by atoms with Crippen molar-refractivity contribution < 1.29 is 23.7 Å². The zero-order chi connectivity index (χ0) is 19.1. The van der Waals surface area contributed by atoms with Crippen molar-refractivity contribution in [2.45, 2.75) is 19.6 Å². The Hall–Kier alpha value is -3.00. The molecular formula is C20H18N2O5S. The van der Waals surface area contributed by atoms with Crippen LogP contribution in [0.1, 0.15) is 6.92 Å². The third kappa shape index (κ3) is 2.90. The Morgan fingerprint density at radius 2 is 1.86 bits per heavy atom. The Morgan fingerprint density at radius 1 is 1.11 bits per heavy atom. The van der Waals surface area contributed by atoms with Crippen molar-refractivity contribution in [3.05, 3.63) is 41.2 Å². The number of hydrogen-bond donors (Lipinski definition) is 0. The summed E-state index contributed by atoms with van der Waals surface area (Å²) in [5, 5.41) is 0. The van der Waals surface area contributed by atoms with E-state index < -0.39 is 6.10 Å². The van der Waals surface area contributed by atoms with Crippen LogP contribution >= 0.6 is 11.3 Å². The van der Waals surface area contributed by atoms with Gasteiger partial charge in [-0.05, 0) is 19.1 Å². The van der Waals surface area contributed by atoms with Crippen molar-refractivity contribution in [1.82, 2.24) is 4.57 Å². The van der Waals surface area contributed by atoms with Gasteiger partial charge in [-0.1, -0.05) is 23.5 Å². The Morgan fingerprint density at radius 3 is 2.64 bits per heavy atom. The van der Waals surface area contributed by atoms with Gasteiger partial charge in [0.2, 0.25) is 6.10 Å². The van der Waals surface area contributed by atoms with Gasteiger partial charge < -0.3 is 23.5 Å². The largest absolute Gasteiger partial charge is 0.486 e. The highest BCUT2D eigenvalue weighted by molar-refractivity contribution is 7.16. The number of carbonyl (C=O) groups excluding carboxylic acids is 1. The molecule has 0 saturated carbocycles. The summed E-state index contributed by atoms with van der Waals surface area (Å²) in [6.07, 6.45) is -0.759. The van der Waals surface area contributed by atoms with Crippen LogP contribution in [0.2, 0.25) is 0 Å². The summed E-state index contributed by atoms with van der Waals surface area (Å²) >= 11 is 1.44. The summed E-state index contributed by atoms with van der Waals surface area (Å²) in [7, 11) is 0. The Kier molecular flexibility index (Phi) is 4.20. The van der Waals surface area contributed by atoms with Crippen LogP contribution in [0.15, 0.2) is 41.4 Å². The summed E-state index contributed by atoms with van der Waals surface area (Å²) < 4.78 is 25.7. The van der Waals surface area contributed by atoms with Gasteiger partial charge in [0, 0.05) is 18.7 Å². The van der Waals surface area contributed by atoms with E-state index in [1.165, 1.54) is 11.3 Å². The fraction of sp³-hybridized carbons (Fsp3) is 0.300. The predicted octanol–water partition coefficient (Wildman–Crippen LogP) is 2.76. The number of aromatic nitrogens is 1. The lowest BCUT2D eigenvalue weighted by Crippen LogP contribution is -2.36.